The Morgan fingerprint density at radius 3 is 2.35 bits per heavy atom. The first-order chi connectivity index (χ1) is 28.5. The van der Waals surface area contributed by atoms with Gasteiger partial charge in [0.25, 0.3) is 0 Å². The fourth-order valence-electron chi connectivity index (χ4n) is 7.27. The molecule has 3 N–H and O–H groups in total. The number of aromatic amines is 1. The van der Waals surface area contributed by atoms with Crippen LogP contribution in [0.15, 0.2) is 79.1 Å². The second-order valence-corrected chi connectivity index (χ2v) is 15.6. The summed E-state index contributed by atoms with van der Waals surface area (Å²) in [5.74, 6) is -1.15. The van der Waals surface area contributed by atoms with Crippen LogP contribution in [0, 0.1) is 11.8 Å². The smallest absolute Gasteiger partial charge is 0.387 e. The topological polar surface area (TPSA) is 166 Å². The van der Waals surface area contributed by atoms with Crippen LogP contribution in [0.25, 0.3) is 0 Å². The van der Waals surface area contributed by atoms with Crippen LogP contribution >= 0.6 is 23.2 Å². The van der Waals surface area contributed by atoms with E-state index in [2.05, 4.69) is 19.9 Å². The van der Waals surface area contributed by atoms with Crippen molar-refractivity contribution >= 4 is 46.8 Å². The number of pyridine rings is 1. The van der Waals surface area contributed by atoms with Crippen molar-refractivity contribution in [3.05, 3.63) is 111 Å². The molecule has 1 aromatic heterocycles. The second kappa shape index (κ2) is 20.4. The van der Waals surface area contributed by atoms with Crippen molar-refractivity contribution in [2.75, 3.05) is 45.3 Å². The van der Waals surface area contributed by atoms with Crippen molar-refractivity contribution in [3.8, 4) is 17.2 Å². The molecule has 0 amide bonds. The lowest BCUT2D eigenvalue weighted by molar-refractivity contribution is -0.377. The van der Waals surface area contributed by atoms with E-state index in [0.717, 1.165) is 38.8 Å². The minimum atomic E-state index is -3.09. The van der Waals surface area contributed by atoms with Crippen molar-refractivity contribution in [1.29, 1.82) is 0 Å². The van der Waals surface area contributed by atoms with Crippen molar-refractivity contribution < 1.29 is 62.0 Å². The Bertz CT molecular complexity index is 2120. The number of esters is 3. The zero-order chi connectivity index (χ0) is 41.5. The first-order valence-corrected chi connectivity index (χ1v) is 20.1. The molecule has 13 nitrogen and oxygen atoms in total. The Balaban J connectivity index is 0.00000604. The molecule has 320 valence electrons. The van der Waals surface area contributed by atoms with Gasteiger partial charge in [-0.2, -0.15) is 8.78 Å². The lowest BCUT2D eigenvalue weighted by atomic mass is 9.86. The van der Waals surface area contributed by atoms with E-state index in [1.54, 1.807) is 43.5 Å². The van der Waals surface area contributed by atoms with Crippen LogP contribution < -0.4 is 24.5 Å². The summed E-state index contributed by atoms with van der Waals surface area (Å²) in [6.45, 7) is -0.867. The zero-order valence-electron chi connectivity index (χ0n) is 32.6. The highest BCUT2D eigenvalue weighted by Crippen LogP contribution is 2.38. The fourth-order valence-corrected chi connectivity index (χ4v) is 7.80. The third-order valence-corrected chi connectivity index (χ3v) is 11.3. The lowest BCUT2D eigenvalue weighted by Gasteiger charge is -2.44. The number of H-pyrrole nitrogens is 1. The Morgan fingerprint density at radius 1 is 0.917 bits per heavy atom. The maximum atomic E-state index is 13.8. The molecule has 3 saturated heterocycles. The van der Waals surface area contributed by atoms with Gasteiger partial charge in [0.1, 0.15) is 28.0 Å². The number of halogens is 4. The number of methoxy groups -OCH3 is 1. The summed E-state index contributed by atoms with van der Waals surface area (Å²) in [5, 5.41) is 3.76. The van der Waals surface area contributed by atoms with E-state index < -0.39 is 43.3 Å². The Hall–Kier alpha value is -5.22. The molecule has 4 aromatic rings. The number of ether oxygens (including phenoxy) is 6. The van der Waals surface area contributed by atoms with Gasteiger partial charge < -0.3 is 39.2 Å². The number of nitrogens with one attached hydrogen (secondary N) is 2. The maximum absolute atomic E-state index is 13.8. The molecule has 3 atom stereocenters. The van der Waals surface area contributed by atoms with Crippen molar-refractivity contribution in [1.82, 2.24) is 4.90 Å². The number of piperidine rings is 3. The monoisotopic (exact) mass is 871 g/mol. The van der Waals surface area contributed by atoms with Crippen LogP contribution in [0.1, 0.15) is 64.9 Å². The molecule has 3 aromatic carbocycles. The number of hydrogen-bond acceptors (Lipinski definition) is 12. The van der Waals surface area contributed by atoms with Gasteiger partial charge in [-0.05, 0) is 104 Å². The number of aromatic nitrogens is 1. The molecule has 8 rings (SSSR count). The number of carbonyl (C=O) groups excluding carboxylic acids is 3. The predicted molar refractivity (Wildman–Crippen MR) is 214 cm³/mol. The fraction of sp³-hybridized carbons (Fsp3) is 0.395. The van der Waals surface area contributed by atoms with Gasteiger partial charge in [0.05, 0.1) is 19.3 Å². The van der Waals surface area contributed by atoms with Crippen LogP contribution in [-0.2, 0) is 30.2 Å². The lowest BCUT2D eigenvalue weighted by Crippen LogP contribution is -2.52. The summed E-state index contributed by atoms with van der Waals surface area (Å²) in [5.41, 5.74) is 1.94. The molecule has 1 unspecified atom stereocenters. The Kier molecular flexibility index (Phi) is 15.0. The Morgan fingerprint density at radius 2 is 1.67 bits per heavy atom. The van der Waals surface area contributed by atoms with Crippen LogP contribution in [0.5, 0.6) is 17.2 Å². The van der Waals surface area contributed by atoms with Crippen LogP contribution in [0.2, 0.25) is 10.0 Å². The van der Waals surface area contributed by atoms with Gasteiger partial charge in [-0.3, -0.25) is 4.90 Å². The number of hydrogen-bond donors (Lipinski definition) is 1. The average Bonchev–Trinajstić information content (AvgIpc) is 4.07. The number of benzene rings is 3. The predicted octanol–water partition coefficient (Wildman–Crippen LogP) is 7.50. The summed E-state index contributed by atoms with van der Waals surface area (Å²) in [6.07, 6.45) is 5.59. The summed E-state index contributed by atoms with van der Waals surface area (Å²) < 4.78 is 59.8. The summed E-state index contributed by atoms with van der Waals surface area (Å²) in [6, 6.07) is 16.7. The van der Waals surface area contributed by atoms with Crippen molar-refractivity contribution in [2.45, 2.75) is 57.0 Å². The summed E-state index contributed by atoms with van der Waals surface area (Å²) >= 11 is 12.9. The highest BCUT2D eigenvalue weighted by Gasteiger charge is 2.38. The van der Waals surface area contributed by atoms with Crippen LogP contribution in [-0.4, -0.2) is 81.0 Å². The minimum absolute atomic E-state index is 0. The SMILES string of the molecule is COc1cccc(C(Nc2cccc(C(=O)OCC(=O)O[C@@H](Cc3c(Cl)c[nH+]cc3Cl)c3ccc(OC(F)F)c(OCC4CC4)c3)c2)C(=O)O[C@H]2CN3CCC2CC3)c1.[OH-]. The van der Waals surface area contributed by atoms with Gasteiger partial charge in [-0.1, -0.05) is 47.5 Å². The van der Waals surface area contributed by atoms with E-state index in [9.17, 15) is 23.2 Å². The highest BCUT2D eigenvalue weighted by molar-refractivity contribution is 6.35. The second-order valence-electron chi connectivity index (χ2n) is 14.8. The normalized spacial score (nSPS) is 19.0. The standard InChI is InChI=1S/C43H43Cl2F2N3O9.H2O/c1-54-31-7-3-4-28(17-31)40(42(53)58-38-22-50-14-12-26(38)13-15-50)49-30-6-2-5-29(16-30)41(52)56-24-39(51)57-36(19-32-33(44)20-48-21-34(32)45)27-10-11-35(59-43(46)47)37(18-27)55-23-25-8-9-25;/h2-7,10-11,16-18,20-21,25-26,36,38,40,43,49H,8-9,12-15,19,22-24H2,1H3;1H2/t36-,38-,40?;/m0./s1. The molecule has 2 bridgehead atoms. The largest absolute Gasteiger partial charge is 0.870 e. The number of carbonyl (C=O) groups is 3. The van der Waals surface area contributed by atoms with Crippen molar-refractivity contribution in [3.63, 3.8) is 0 Å². The van der Waals surface area contributed by atoms with E-state index in [1.807, 2.05) is 0 Å². The molecule has 4 aliphatic rings. The minimum Gasteiger partial charge on any atom is -0.870 e. The third-order valence-electron chi connectivity index (χ3n) is 10.6. The Labute approximate surface area is 355 Å². The maximum Gasteiger partial charge on any atom is 0.387 e. The van der Waals surface area contributed by atoms with E-state index in [4.69, 9.17) is 46.9 Å². The molecule has 0 spiro atoms. The van der Waals surface area contributed by atoms with Crippen LogP contribution in [0.4, 0.5) is 14.5 Å². The summed E-state index contributed by atoms with van der Waals surface area (Å²) in [7, 11) is 1.54. The zero-order valence-corrected chi connectivity index (χ0v) is 34.1. The van der Waals surface area contributed by atoms with Gasteiger partial charge in [0.15, 0.2) is 36.5 Å². The molecule has 60 heavy (non-hydrogen) atoms. The molecule has 4 fully saturated rings. The molecule has 4 heterocycles. The van der Waals surface area contributed by atoms with Gasteiger partial charge in [0, 0.05) is 24.2 Å². The van der Waals surface area contributed by atoms with E-state index in [-0.39, 0.29) is 45.1 Å². The highest BCUT2D eigenvalue weighted by atomic mass is 35.5. The molecule has 3 aliphatic heterocycles. The first kappa shape index (κ1) is 44.3. The average molecular weight is 873 g/mol. The molecule has 0 radical (unpaired) electrons. The number of rotatable bonds is 18. The molecule has 1 aliphatic carbocycles. The van der Waals surface area contributed by atoms with Gasteiger partial charge >= 0.3 is 24.5 Å². The first-order valence-electron chi connectivity index (χ1n) is 19.4. The van der Waals surface area contributed by atoms with E-state index >= 15 is 0 Å². The number of nitrogens with zero attached hydrogens (tertiary/aromatic N) is 1. The van der Waals surface area contributed by atoms with Gasteiger partial charge in [-0.15, -0.1) is 0 Å². The number of anilines is 1. The van der Waals surface area contributed by atoms with Gasteiger partial charge in [-0.25, -0.2) is 19.4 Å². The number of fused-ring (bicyclic) bond motifs is 3. The van der Waals surface area contributed by atoms with E-state index in [1.165, 1.54) is 42.7 Å². The number of alkyl halides is 2. The third kappa shape index (κ3) is 11.5. The molecule has 17 heteroatoms. The van der Waals surface area contributed by atoms with E-state index in [0.29, 0.717) is 53.1 Å². The van der Waals surface area contributed by atoms with Crippen LogP contribution in [0.3, 0.4) is 0 Å². The van der Waals surface area contributed by atoms with Gasteiger partial charge in [0.2, 0.25) is 0 Å². The van der Waals surface area contributed by atoms with Crippen molar-refractivity contribution in [2.24, 2.45) is 11.8 Å². The molecular weight excluding hydrogens is 827 g/mol. The molecular formula is C43H45Cl2F2N3O10. The quantitative estimate of drug-likeness (QED) is 0.0774. The molecule has 1 saturated carbocycles. The summed E-state index contributed by atoms with van der Waals surface area (Å²) in [4.78, 5) is 45.6.